The van der Waals surface area contributed by atoms with E-state index in [0.717, 1.165) is 0 Å². The van der Waals surface area contributed by atoms with Gasteiger partial charge in [0.05, 0.1) is 12.2 Å². The van der Waals surface area contributed by atoms with E-state index in [2.05, 4.69) is 35.0 Å². The first-order valence-corrected chi connectivity index (χ1v) is 9.43. The molecule has 0 spiro atoms. The van der Waals surface area contributed by atoms with Gasteiger partial charge < -0.3 is 14.8 Å². The Morgan fingerprint density at radius 3 is 2.54 bits per heavy atom. The van der Waals surface area contributed by atoms with Crippen molar-refractivity contribution in [1.82, 2.24) is 5.32 Å². The summed E-state index contributed by atoms with van der Waals surface area (Å²) in [6, 6.07) is 14.0. The second-order valence-electron chi connectivity index (χ2n) is 6.10. The van der Waals surface area contributed by atoms with Gasteiger partial charge in [-0.2, -0.15) is 0 Å². The number of benzene rings is 1. The maximum atomic E-state index is 11.0. The number of carbonyl (C=O) groups excluding carboxylic acids is 2. The van der Waals surface area contributed by atoms with Crippen molar-refractivity contribution in [2.75, 3.05) is 13.7 Å². The minimum atomic E-state index is -0.460. The number of ether oxygens (including phenoxy) is 2. The van der Waals surface area contributed by atoms with Crippen molar-refractivity contribution in [3.05, 3.63) is 58.3 Å². The van der Waals surface area contributed by atoms with Crippen LogP contribution in [0.2, 0.25) is 0 Å². The molecule has 1 fully saturated rings. The molecule has 140 valence electrons. The first kappa shape index (κ1) is 20.5. The summed E-state index contributed by atoms with van der Waals surface area (Å²) in [6.07, 6.45) is 0.311. The number of rotatable bonds is 5. The molecule has 5 nitrogen and oxygen atoms in total. The molecule has 1 aliphatic heterocycles. The van der Waals surface area contributed by atoms with Gasteiger partial charge in [0.15, 0.2) is 6.29 Å². The van der Waals surface area contributed by atoms with E-state index < -0.39 is 11.8 Å². The number of ketones is 1. The average Bonchev–Trinajstić information content (AvgIpc) is 3.18. The minimum absolute atomic E-state index is 0.0798. The van der Waals surface area contributed by atoms with E-state index in [1.807, 2.05) is 25.1 Å². The number of thiophene rings is 1. The molecule has 0 aliphatic carbocycles. The molecule has 4 atom stereocenters. The van der Waals surface area contributed by atoms with Crippen molar-refractivity contribution in [3.63, 3.8) is 0 Å². The van der Waals surface area contributed by atoms with Crippen molar-refractivity contribution in [2.24, 2.45) is 0 Å². The molecule has 1 aromatic carbocycles. The first-order valence-electron chi connectivity index (χ1n) is 8.55. The number of hydrogen-bond acceptors (Lipinski definition) is 6. The molecule has 2 aromatic rings. The highest BCUT2D eigenvalue weighted by molar-refractivity contribution is 7.10. The van der Waals surface area contributed by atoms with E-state index in [0.29, 0.717) is 12.8 Å². The standard InChI is InChI=1S/C12H12OS.C8H13NO3/c1-13-12(11-8-5-9-14-11)10-6-3-2-4-7-10;1-5-3-9-8(6(2)12-5)7(11)4-10/h2-9,12H,1H3;4-6,8-9H,3H2,1-2H3. The van der Waals surface area contributed by atoms with E-state index in [1.165, 1.54) is 10.4 Å². The predicted octanol–water partition coefficient (Wildman–Crippen LogP) is 3.00. The predicted molar refractivity (Wildman–Crippen MR) is 102 cm³/mol. The number of nitrogens with one attached hydrogen (secondary N) is 1. The molecule has 1 aliphatic rings. The van der Waals surface area contributed by atoms with E-state index in [1.54, 1.807) is 25.4 Å². The molecule has 1 saturated heterocycles. The quantitative estimate of drug-likeness (QED) is 0.643. The summed E-state index contributed by atoms with van der Waals surface area (Å²) < 4.78 is 10.9. The Kier molecular flexibility index (Phi) is 8.12. The summed E-state index contributed by atoms with van der Waals surface area (Å²) in [5.41, 5.74) is 1.21. The molecule has 3 rings (SSSR count). The highest BCUT2D eigenvalue weighted by atomic mass is 32.1. The van der Waals surface area contributed by atoms with Crippen LogP contribution >= 0.6 is 11.3 Å². The third-order valence-electron chi connectivity index (χ3n) is 4.10. The molecule has 0 radical (unpaired) electrons. The zero-order valence-electron chi connectivity index (χ0n) is 15.3. The van der Waals surface area contributed by atoms with E-state index >= 15 is 0 Å². The molecule has 0 saturated carbocycles. The van der Waals surface area contributed by atoms with Crippen molar-refractivity contribution in [2.45, 2.75) is 38.2 Å². The normalized spacial score (nSPS) is 23.4. The van der Waals surface area contributed by atoms with Crippen LogP contribution in [0.4, 0.5) is 0 Å². The van der Waals surface area contributed by atoms with Crippen molar-refractivity contribution >= 4 is 23.4 Å². The smallest absolute Gasteiger partial charge is 0.214 e. The number of Topliss-reactive ketones (excluding diaryl/α,β-unsaturated/α-hetero) is 1. The number of aldehydes is 1. The Morgan fingerprint density at radius 1 is 1.27 bits per heavy atom. The van der Waals surface area contributed by atoms with Crippen molar-refractivity contribution in [3.8, 4) is 0 Å². The summed E-state index contributed by atoms with van der Waals surface area (Å²) in [5.74, 6) is -0.436. The Bertz CT molecular complexity index is 674. The highest BCUT2D eigenvalue weighted by Gasteiger charge is 2.30. The van der Waals surface area contributed by atoms with E-state index in [9.17, 15) is 9.59 Å². The van der Waals surface area contributed by atoms with Gasteiger partial charge in [-0.3, -0.25) is 9.59 Å². The van der Waals surface area contributed by atoms with Crippen LogP contribution in [0.15, 0.2) is 47.8 Å². The highest BCUT2D eigenvalue weighted by Crippen LogP contribution is 2.28. The number of hydrogen-bond donors (Lipinski definition) is 1. The zero-order valence-corrected chi connectivity index (χ0v) is 16.1. The summed E-state index contributed by atoms with van der Waals surface area (Å²) in [4.78, 5) is 22.4. The average molecular weight is 375 g/mol. The van der Waals surface area contributed by atoms with Crippen LogP contribution in [0, 0.1) is 0 Å². The van der Waals surface area contributed by atoms with Crippen LogP contribution < -0.4 is 5.32 Å². The molecule has 1 aromatic heterocycles. The molecule has 1 N–H and O–H groups in total. The summed E-state index contributed by atoms with van der Waals surface area (Å²) >= 11 is 1.73. The zero-order chi connectivity index (χ0) is 18.9. The lowest BCUT2D eigenvalue weighted by atomic mass is 10.1. The van der Waals surface area contributed by atoms with Gasteiger partial charge in [-0.25, -0.2) is 0 Å². The first-order chi connectivity index (χ1) is 12.6. The Labute approximate surface area is 158 Å². The number of methoxy groups -OCH3 is 1. The number of carbonyl (C=O) groups is 2. The van der Waals surface area contributed by atoms with Crippen LogP contribution in [0.1, 0.15) is 30.4 Å². The third kappa shape index (κ3) is 5.57. The van der Waals surface area contributed by atoms with Gasteiger partial charge in [0.2, 0.25) is 5.78 Å². The molecule has 0 bridgehead atoms. The van der Waals surface area contributed by atoms with Crippen molar-refractivity contribution < 1.29 is 19.1 Å². The van der Waals surface area contributed by atoms with Gasteiger partial charge in [0.1, 0.15) is 12.1 Å². The summed E-state index contributed by atoms with van der Waals surface area (Å²) in [6.45, 7) is 4.33. The SMILES string of the molecule is CC1CNC(C(=O)C=O)C(C)O1.COC(c1ccccc1)c1cccs1. The second kappa shape index (κ2) is 10.3. The Morgan fingerprint density at radius 2 is 2.00 bits per heavy atom. The molecule has 4 unspecified atom stereocenters. The fourth-order valence-corrected chi connectivity index (χ4v) is 3.67. The minimum Gasteiger partial charge on any atom is -0.372 e. The van der Waals surface area contributed by atoms with Crippen molar-refractivity contribution in [1.29, 1.82) is 0 Å². The molecule has 2 heterocycles. The van der Waals surface area contributed by atoms with Crippen LogP contribution in [0.25, 0.3) is 0 Å². The van der Waals surface area contributed by atoms with Gasteiger partial charge >= 0.3 is 0 Å². The second-order valence-corrected chi connectivity index (χ2v) is 7.08. The van der Waals surface area contributed by atoms with Gasteiger partial charge in [-0.15, -0.1) is 11.3 Å². The Hall–Kier alpha value is -1.86. The summed E-state index contributed by atoms with van der Waals surface area (Å²) in [7, 11) is 1.75. The largest absolute Gasteiger partial charge is 0.372 e. The van der Waals surface area contributed by atoms with E-state index in [-0.39, 0.29) is 18.3 Å². The van der Waals surface area contributed by atoms with Gasteiger partial charge in [0, 0.05) is 18.5 Å². The van der Waals surface area contributed by atoms with Crippen LogP contribution in [-0.4, -0.2) is 44.0 Å². The van der Waals surface area contributed by atoms with Crippen LogP contribution in [0.5, 0.6) is 0 Å². The van der Waals surface area contributed by atoms with Gasteiger partial charge in [-0.1, -0.05) is 36.4 Å². The molecule has 6 heteroatoms. The van der Waals surface area contributed by atoms with Crippen LogP contribution in [-0.2, 0) is 19.1 Å². The fourth-order valence-electron chi connectivity index (χ4n) is 2.84. The maximum absolute atomic E-state index is 11.0. The van der Waals surface area contributed by atoms with Gasteiger partial charge in [-0.05, 0) is 30.9 Å². The van der Waals surface area contributed by atoms with Gasteiger partial charge in [0.25, 0.3) is 0 Å². The molecule has 26 heavy (non-hydrogen) atoms. The maximum Gasteiger partial charge on any atom is 0.214 e. The summed E-state index contributed by atoms with van der Waals surface area (Å²) in [5, 5.41) is 5.04. The molecular formula is C20H25NO4S. The monoisotopic (exact) mass is 375 g/mol. The molecule has 0 amide bonds. The fraction of sp³-hybridized carbons (Fsp3) is 0.400. The van der Waals surface area contributed by atoms with Crippen LogP contribution in [0.3, 0.4) is 0 Å². The third-order valence-corrected chi connectivity index (χ3v) is 5.02. The molecular weight excluding hydrogens is 350 g/mol. The Balaban J connectivity index is 0.000000190. The number of morpholine rings is 1. The lowest BCUT2D eigenvalue weighted by Crippen LogP contribution is -2.54. The topological polar surface area (TPSA) is 64.6 Å². The lowest BCUT2D eigenvalue weighted by Gasteiger charge is -2.32. The van der Waals surface area contributed by atoms with E-state index in [4.69, 9.17) is 9.47 Å². The lowest BCUT2D eigenvalue weighted by molar-refractivity contribution is -0.137.